The van der Waals surface area contributed by atoms with Gasteiger partial charge in [0.1, 0.15) is 6.04 Å². The molecule has 0 radical (unpaired) electrons. The molecule has 0 saturated carbocycles. The Labute approximate surface area is 158 Å². The molecule has 2 aliphatic heterocycles. The van der Waals surface area contributed by atoms with Crippen molar-refractivity contribution in [3.8, 4) is 0 Å². The maximum absolute atomic E-state index is 12.9. The van der Waals surface area contributed by atoms with Crippen molar-refractivity contribution >= 4 is 23.2 Å². The molecule has 26 heavy (non-hydrogen) atoms. The zero-order valence-corrected chi connectivity index (χ0v) is 15.3. The molecule has 2 aromatic carbocycles. The van der Waals surface area contributed by atoms with Crippen LogP contribution in [-0.4, -0.2) is 43.0 Å². The highest BCUT2D eigenvalue weighted by molar-refractivity contribution is 6.30. The Bertz CT molecular complexity index is 744. The number of rotatable bonds is 3. The molecule has 1 amide bonds. The van der Waals surface area contributed by atoms with E-state index in [9.17, 15) is 4.79 Å². The third kappa shape index (κ3) is 3.70. The number of amides is 1. The maximum atomic E-state index is 12.9. The van der Waals surface area contributed by atoms with E-state index in [0.717, 1.165) is 43.2 Å². The van der Waals surface area contributed by atoms with Gasteiger partial charge in [0, 0.05) is 42.9 Å². The van der Waals surface area contributed by atoms with Crippen LogP contribution in [0.1, 0.15) is 18.0 Å². The molecule has 2 unspecified atom stereocenters. The van der Waals surface area contributed by atoms with E-state index in [1.165, 1.54) is 5.69 Å². The second kappa shape index (κ2) is 7.66. The smallest absolute Gasteiger partial charge is 0.241 e. The number of anilines is 1. The summed E-state index contributed by atoms with van der Waals surface area (Å²) in [5, 5.41) is 0.726. The van der Waals surface area contributed by atoms with Crippen LogP contribution in [0.15, 0.2) is 54.6 Å². The minimum atomic E-state index is -0.182. The van der Waals surface area contributed by atoms with Crippen molar-refractivity contribution < 1.29 is 4.79 Å². The molecule has 5 nitrogen and oxygen atoms in total. The number of hydrazine groups is 1. The number of hydrogen-bond donors (Lipinski definition) is 2. The third-order valence-electron chi connectivity index (χ3n) is 5.19. The molecule has 0 bridgehead atoms. The van der Waals surface area contributed by atoms with E-state index in [2.05, 4.69) is 40.0 Å². The predicted octanol–water partition coefficient (Wildman–Crippen LogP) is 2.60. The topological polar surface area (TPSA) is 47.6 Å². The van der Waals surface area contributed by atoms with Crippen molar-refractivity contribution in [1.82, 2.24) is 15.8 Å². The van der Waals surface area contributed by atoms with Crippen LogP contribution in [0.2, 0.25) is 5.02 Å². The Morgan fingerprint density at radius 3 is 2.31 bits per heavy atom. The number of nitrogens with one attached hydrogen (secondary N) is 2. The van der Waals surface area contributed by atoms with E-state index in [4.69, 9.17) is 11.6 Å². The van der Waals surface area contributed by atoms with E-state index in [-0.39, 0.29) is 18.0 Å². The molecule has 2 N–H and O–H groups in total. The Kier molecular flexibility index (Phi) is 5.11. The summed E-state index contributed by atoms with van der Waals surface area (Å²) in [5.41, 5.74) is 8.79. The second-order valence-electron chi connectivity index (χ2n) is 6.83. The van der Waals surface area contributed by atoms with Crippen LogP contribution in [0.4, 0.5) is 5.69 Å². The van der Waals surface area contributed by atoms with Gasteiger partial charge in [0.25, 0.3) is 0 Å². The first kappa shape index (κ1) is 17.3. The molecule has 6 heteroatoms. The van der Waals surface area contributed by atoms with Crippen LogP contribution in [0.5, 0.6) is 0 Å². The lowest BCUT2D eigenvalue weighted by Gasteiger charge is -2.37. The molecule has 2 aromatic rings. The van der Waals surface area contributed by atoms with Gasteiger partial charge in [-0.1, -0.05) is 41.9 Å². The summed E-state index contributed by atoms with van der Waals surface area (Å²) in [5.74, 6) is 0.182. The van der Waals surface area contributed by atoms with Crippen molar-refractivity contribution in [1.29, 1.82) is 0 Å². The second-order valence-corrected chi connectivity index (χ2v) is 7.27. The van der Waals surface area contributed by atoms with Crippen LogP contribution in [0.3, 0.4) is 0 Å². The summed E-state index contributed by atoms with van der Waals surface area (Å²) < 4.78 is 0. The van der Waals surface area contributed by atoms with Gasteiger partial charge in [-0.25, -0.2) is 10.9 Å². The highest BCUT2D eigenvalue weighted by Gasteiger charge is 2.34. The average molecular weight is 371 g/mol. The van der Waals surface area contributed by atoms with Gasteiger partial charge in [-0.05, 0) is 36.2 Å². The fourth-order valence-electron chi connectivity index (χ4n) is 3.68. The van der Waals surface area contributed by atoms with E-state index in [0.29, 0.717) is 0 Å². The summed E-state index contributed by atoms with van der Waals surface area (Å²) >= 11 is 5.95. The standard InChI is InChI=1S/C20H23ClN4O/c21-16-8-6-15(7-9-16)18-14-19(23-22-18)20(26)25-12-10-24(11-13-25)17-4-2-1-3-5-17/h1-9,18-19,22-23H,10-14H2. The monoisotopic (exact) mass is 370 g/mol. The largest absolute Gasteiger partial charge is 0.368 e. The van der Waals surface area contributed by atoms with Crippen molar-refractivity contribution in [2.24, 2.45) is 0 Å². The van der Waals surface area contributed by atoms with E-state index in [1.54, 1.807) is 0 Å². The minimum Gasteiger partial charge on any atom is -0.368 e. The summed E-state index contributed by atoms with van der Waals surface area (Å²) in [6.07, 6.45) is 0.749. The van der Waals surface area contributed by atoms with Gasteiger partial charge >= 0.3 is 0 Å². The zero-order valence-electron chi connectivity index (χ0n) is 14.6. The normalized spacial score (nSPS) is 23.3. The molecule has 2 heterocycles. The Balaban J connectivity index is 1.32. The molecule has 2 atom stereocenters. The van der Waals surface area contributed by atoms with Crippen molar-refractivity contribution in [2.75, 3.05) is 31.1 Å². The maximum Gasteiger partial charge on any atom is 0.241 e. The molecule has 4 rings (SSSR count). The van der Waals surface area contributed by atoms with E-state index < -0.39 is 0 Å². The third-order valence-corrected chi connectivity index (χ3v) is 5.44. The van der Waals surface area contributed by atoms with Crippen molar-refractivity contribution in [2.45, 2.75) is 18.5 Å². The number of benzene rings is 2. The lowest BCUT2D eigenvalue weighted by molar-refractivity contribution is -0.133. The van der Waals surface area contributed by atoms with Crippen LogP contribution in [-0.2, 0) is 4.79 Å². The predicted molar refractivity (Wildman–Crippen MR) is 104 cm³/mol. The van der Waals surface area contributed by atoms with Gasteiger partial charge in [0.2, 0.25) is 5.91 Å². The van der Waals surface area contributed by atoms with Crippen molar-refractivity contribution in [3.05, 3.63) is 65.2 Å². The summed E-state index contributed by atoms with van der Waals surface area (Å²) in [4.78, 5) is 17.2. The first-order valence-corrected chi connectivity index (χ1v) is 9.44. The first-order valence-electron chi connectivity index (χ1n) is 9.06. The quantitative estimate of drug-likeness (QED) is 0.872. The first-order chi connectivity index (χ1) is 12.7. The molecule has 0 spiro atoms. The molecule has 136 valence electrons. The molecule has 2 aliphatic rings. The molecule has 2 fully saturated rings. The number of piperazine rings is 1. The average Bonchev–Trinajstić information content (AvgIpc) is 3.19. The Morgan fingerprint density at radius 2 is 1.62 bits per heavy atom. The highest BCUT2D eigenvalue weighted by Crippen LogP contribution is 2.25. The van der Waals surface area contributed by atoms with Gasteiger partial charge < -0.3 is 9.80 Å². The lowest BCUT2D eigenvalue weighted by Crippen LogP contribution is -2.53. The van der Waals surface area contributed by atoms with Gasteiger partial charge in [-0.2, -0.15) is 0 Å². The Morgan fingerprint density at radius 1 is 0.923 bits per heavy atom. The fourth-order valence-corrected chi connectivity index (χ4v) is 3.80. The number of carbonyl (C=O) groups excluding carboxylic acids is 1. The number of hydrogen-bond acceptors (Lipinski definition) is 4. The Hall–Kier alpha value is -2.08. The summed E-state index contributed by atoms with van der Waals surface area (Å²) in [6, 6.07) is 18.1. The van der Waals surface area contributed by atoms with Gasteiger partial charge in [-0.3, -0.25) is 4.79 Å². The molecule has 0 aromatic heterocycles. The molecular weight excluding hydrogens is 348 g/mol. The minimum absolute atomic E-state index is 0.131. The molecular formula is C20H23ClN4O. The van der Waals surface area contributed by atoms with E-state index in [1.807, 2.05) is 35.2 Å². The number of halogens is 1. The van der Waals surface area contributed by atoms with E-state index >= 15 is 0 Å². The SMILES string of the molecule is O=C(C1CC(c2ccc(Cl)cc2)NN1)N1CCN(c2ccccc2)CC1. The zero-order chi connectivity index (χ0) is 17.9. The number of para-hydroxylation sites is 1. The van der Waals surface area contributed by atoms with Crippen LogP contribution in [0.25, 0.3) is 0 Å². The molecule has 0 aliphatic carbocycles. The van der Waals surface area contributed by atoms with Crippen LogP contribution < -0.4 is 15.8 Å². The van der Waals surface area contributed by atoms with Gasteiger partial charge in [0.05, 0.1) is 0 Å². The van der Waals surface area contributed by atoms with Gasteiger partial charge in [0.15, 0.2) is 0 Å². The van der Waals surface area contributed by atoms with Gasteiger partial charge in [-0.15, -0.1) is 0 Å². The highest BCUT2D eigenvalue weighted by atomic mass is 35.5. The summed E-state index contributed by atoms with van der Waals surface area (Å²) in [6.45, 7) is 3.27. The fraction of sp³-hybridized carbons (Fsp3) is 0.350. The van der Waals surface area contributed by atoms with Crippen LogP contribution >= 0.6 is 11.6 Å². The number of carbonyl (C=O) groups is 1. The molecule has 2 saturated heterocycles. The van der Waals surface area contributed by atoms with Crippen LogP contribution in [0, 0.1) is 0 Å². The summed E-state index contributed by atoms with van der Waals surface area (Å²) in [7, 11) is 0. The number of nitrogens with zero attached hydrogens (tertiary/aromatic N) is 2. The van der Waals surface area contributed by atoms with Crippen molar-refractivity contribution in [3.63, 3.8) is 0 Å². The lowest BCUT2D eigenvalue weighted by atomic mass is 10.0.